The molecule has 0 aromatic heterocycles. The molecule has 0 aromatic rings. The number of azide groups is 1. The SMILES string of the molecule is CN1COC(CN=[N+]=[N-])C1. The molecule has 1 fully saturated rings. The van der Waals surface area contributed by atoms with E-state index >= 15 is 0 Å². The van der Waals surface area contributed by atoms with E-state index in [1.54, 1.807) is 0 Å². The molecular weight excluding hydrogens is 132 g/mol. The number of rotatable bonds is 2. The molecule has 1 heterocycles. The van der Waals surface area contributed by atoms with Crippen LogP contribution >= 0.6 is 0 Å². The minimum Gasteiger partial charge on any atom is -0.361 e. The lowest BCUT2D eigenvalue weighted by molar-refractivity contribution is 0.100. The fraction of sp³-hybridized carbons (Fsp3) is 1.00. The third-order valence-electron chi connectivity index (χ3n) is 1.39. The van der Waals surface area contributed by atoms with E-state index < -0.39 is 0 Å². The Labute approximate surface area is 59.2 Å². The van der Waals surface area contributed by atoms with Crippen molar-refractivity contribution in [3.63, 3.8) is 0 Å². The fourth-order valence-electron chi connectivity index (χ4n) is 0.924. The molecule has 56 valence electrons. The zero-order valence-corrected chi connectivity index (χ0v) is 5.90. The van der Waals surface area contributed by atoms with Gasteiger partial charge in [-0.3, -0.25) is 4.90 Å². The third-order valence-corrected chi connectivity index (χ3v) is 1.39. The van der Waals surface area contributed by atoms with Gasteiger partial charge in [0.1, 0.15) is 0 Å². The average Bonchev–Trinajstić information content (AvgIpc) is 2.31. The summed E-state index contributed by atoms with van der Waals surface area (Å²) in [6.45, 7) is 1.95. The summed E-state index contributed by atoms with van der Waals surface area (Å²) in [5.74, 6) is 0. The minimum absolute atomic E-state index is 0.0981. The fourth-order valence-corrected chi connectivity index (χ4v) is 0.924. The van der Waals surface area contributed by atoms with Gasteiger partial charge in [0.25, 0.3) is 0 Å². The van der Waals surface area contributed by atoms with Crippen LogP contribution in [-0.4, -0.2) is 37.9 Å². The highest BCUT2D eigenvalue weighted by Crippen LogP contribution is 2.04. The highest BCUT2D eigenvalue weighted by atomic mass is 16.5. The smallest absolute Gasteiger partial charge is 0.0993 e. The first kappa shape index (κ1) is 7.34. The molecule has 0 saturated carbocycles. The van der Waals surface area contributed by atoms with Crippen molar-refractivity contribution in [2.24, 2.45) is 5.11 Å². The Bertz CT molecular complexity index is 154. The second-order valence-corrected chi connectivity index (χ2v) is 2.37. The number of hydrogen-bond acceptors (Lipinski definition) is 3. The largest absolute Gasteiger partial charge is 0.361 e. The Morgan fingerprint density at radius 3 is 3.20 bits per heavy atom. The highest BCUT2D eigenvalue weighted by molar-refractivity contribution is 4.69. The van der Waals surface area contributed by atoms with Crippen LogP contribution in [-0.2, 0) is 4.74 Å². The molecule has 1 atom stereocenters. The molecule has 5 heteroatoms. The monoisotopic (exact) mass is 142 g/mol. The van der Waals surface area contributed by atoms with Crippen molar-refractivity contribution >= 4 is 0 Å². The molecule has 1 saturated heterocycles. The molecule has 5 nitrogen and oxygen atoms in total. The Balaban J connectivity index is 2.24. The van der Waals surface area contributed by atoms with Crippen molar-refractivity contribution in [3.8, 4) is 0 Å². The molecule has 10 heavy (non-hydrogen) atoms. The van der Waals surface area contributed by atoms with Crippen molar-refractivity contribution in [2.45, 2.75) is 6.10 Å². The molecule has 0 N–H and O–H groups in total. The van der Waals surface area contributed by atoms with E-state index in [-0.39, 0.29) is 6.10 Å². The molecule has 1 aliphatic rings. The van der Waals surface area contributed by atoms with E-state index in [1.165, 1.54) is 0 Å². The maximum Gasteiger partial charge on any atom is 0.0993 e. The van der Waals surface area contributed by atoms with Crippen LogP contribution in [0.5, 0.6) is 0 Å². The van der Waals surface area contributed by atoms with E-state index in [0.717, 1.165) is 6.54 Å². The van der Waals surface area contributed by atoms with Gasteiger partial charge in [-0.15, -0.1) is 0 Å². The van der Waals surface area contributed by atoms with Crippen LogP contribution < -0.4 is 0 Å². The first-order chi connectivity index (χ1) is 4.83. The molecule has 0 bridgehead atoms. The number of hydrogen-bond donors (Lipinski definition) is 0. The first-order valence-electron chi connectivity index (χ1n) is 3.14. The average molecular weight is 142 g/mol. The van der Waals surface area contributed by atoms with Crippen LogP contribution in [0.1, 0.15) is 0 Å². The number of likely N-dealkylation sites (N-methyl/N-ethyl adjacent to an activating group) is 1. The summed E-state index contributed by atoms with van der Waals surface area (Å²) in [5, 5.41) is 3.42. The Morgan fingerprint density at radius 1 is 1.90 bits per heavy atom. The summed E-state index contributed by atoms with van der Waals surface area (Å²) < 4.78 is 5.23. The zero-order chi connectivity index (χ0) is 7.40. The van der Waals surface area contributed by atoms with Gasteiger partial charge in [-0.1, -0.05) is 5.11 Å². The van der Waals surface area contributed by atoms with E-state index in [1.807, 2.05) is 11.9 Å². The lowest BCUT2D eigenvalue weighted by Crippen LogP contribution is -2.18. The van der Waals surface area contributed by atoms with Crippen molar-refractivity contribution in [1.82, 2.24) is 4.90 Å². The van der Waals surface area contributed by atoms with Gasteiger partial charge < -0.3 is 4.74 Å². The van der Waals surface area contributed by atoms with Crippen LogP contribution in [0.4, 0.5) is 0 Å². The summed E-state index contributed by atoms with van der Waals surface area (Å²) in [6.07, 6.45) is 0.0981. The topological polar surface area (TPSA) is 61.2 Å². The van der Waals surface area contributed by atoms with E-state index in [2.05, 4.69) is 10.0 Å². The third kappa shape index (κ3) is 1.88. The normalized spacial score (nSPS) is 26.3. The van der Waals surface area contributed by atoms with Gasteiger partial charge >= 0.3 is 0 Å². The van der Waals surface area contributed by atoms with Gasteiger partial charge in [-0.25, -0.2) is 0 Å². The van der Waals surface area contributed by atoms with Crippen LogP contribution in [0.3, 0.4) is 0 Å². The van der Waals surface area contributed by atoms with Crippen LogP contribution in [0.25, 0.3) is 10.4 Å². The van der Waals surface area contributed by atoms with Gasteiger partial charge in [0, 0.05) is 11.5 Å². The predicted octanol–water partition coefficient (Wildman–Crippen LogP) is 0.585. The quantitative estimate of drug-likeness (QED) is 0.321. The van der Waals surface area contributed by atoms with Crippen LogP contribution in [0.2, 0.25) is 0 Å². The molecule has 1 aliphatic heterocycles. The van der Waals surface area contributed by atoms with Crippen LogP contribution in [0, 0.1) is 0 Å². The van der Waals surface area contributed by atoms with Gasteiger partial charge in [-0.05, 0) is 12.6 Å². The lowest BCUT2D eigenvalue weighted by atomic mass is 10.4. The van der Waals surface area contributed by atoms with Crippen molar-refractivity contribution < 1.29 is 4.74 Å². The number of ether oxygens (including phenoxy) is 1. The summed E-state index contributed by atoms with van der Waals surface area (Å²) in [5.41, 5.74) is 7.98. The molecule has 1 unspecified atom stereocenters. The van der Waals surface area contributed by atoms with E-state index in [0.29, 0.717) is 13.3 Å². The van der Waals surface area contributed by atoms with Crippen molar-refractivity contribution in [3.05, 3.63) is 10.4 Å². The minimum atomic E-state index is 0.0981. The lowest BCUT2D eigenvalue weighted by Gasteiger charge is -2.02. The van der Waals surface area contributed by atoms with Crippen molar-refractivity contribution in [1.29, 1.82) is 0 Å². The molecular formula is C5H10N4O. The van der Waals surface area contributed by atoms with Gasteiger partial charge in [0.2, 0.25) is 0 Å². The van der Waals surface area contributed by atoms with Crippen LogP contribution in [0.15, 0.2) is 5.11 Å². The highest BCUT2D eigenvalue weighted by Gasteiger charge is 2.18. The van der Waals surface area contributed by atoms with E-state index in [9.17, 15) is 0 Å². The summed E-state index contributed by atoms with van der Waals surface area (Å²) in [6, 6.07) is 0. The maximum absolute atomic E-state index is 7.98. The van der Waals surface area contributed by atoms with Crippen molar-refractivity contribution in [2.75, 3.05) is 26.9 Å². The van der Waals surface area contributed by atoms with Gasteiger partial charge in [0.15, 0.2) is 0 Å². The van der Waals surface area contributed by atoms with Gasteiger partial charge in [-0.2, -0.15) is 0 Å². The molecule has 0 amide bonds. The first-order valence-corrected chi connectivity index (χ1v) is 3.14. The second kappa shape index (κ2) is 3.41. The summed E-state index contributed by atoms with van der Waals surface area (Å²) >= 11 is 0. The molecule has 0 radical (unpaired) electrons. The molecule has 0 aliphatic carbocycles. The summed E-state index contributed by atoms with van der Waals surface area (Å²) in [4.78, 5) is 4.69. The standard InChI is InChI=1S/C5H10N4O/c1-9-3-5(10-4-9)2-7-8-6/h5H,2-4H2,1H3. The predicted molar refractivity (Wildman–Crippen MR) is 36.4 cm³/mol. The molecule has 0 spiro atoms. The maximum atomic E-state index is 7.98. The number of nitrogens with zero attached hydrogens (tertiary/aromatic N) is 4. The Hall–Kier alpha value is -0.770. The van der Waals surface area contributed by atoms with E-state index in [4.69, 9.17) is 10.3 Å². The molecule has 0 aromatic carbocycles. The van der Waals surface area contributed by atoms with Gasteiger partial charge in [0.05, 0.1) is 19.4 Å². The Morgan fingerprint density at radius 2 is 2.70 bits per heavy atom. The molecule has 1 rings (SSSR count). The summed E-state index contributed by atoms with van der Waals surface area (Å²) in [7, 11) is 1.97. The second-order valence-electron chi connectivity index (χ2n) is 2.37. The zero-order valence-electron chi connectivity index (χ0n) is 5.90. The Kier molecular flexibility index (Phi) is 2.50.